The molecule has 1 atom stereocenters. The highest BCUT2D eigenvalue weighted by atomic mass is 16.2. The number of carbonyl (C=O) groups is 2. The molecule has 3 rings (SSSR count). The van der Waals surface area contributed by atoms with Gasteiger partial charge in [-0.1, -0.05) is 43.7 Å². The van der Waals surface area contributed by atoms with Crippen molar-refractivity contribution in [1.29, 1.82) is 0 Å². The molecule has 0 aromatic heterocycles. The highest BCUT2D eigenvalue weighted by Gasteiger charge is 2.59. The minimum absolute atomic E-state index is 0.0132. The van der Waals surface area contributed by atoms with Crippen molar-refractivity contribution >= 4 is 11.8 Å². The number of likely N-dealkylation sites (tertiary alicyclic amines) is 2. The summed E-state index contributed by atoms with van der Waals surface area (Å²) in [4.78, 5) is 30.0. The van der Waals surface area contributed by atoms with E-state index in [-0.39, 0.29) is 17.7 Å². The Balaban J connectivity index is 1.99. The molecule has 2 amide bonds. The van der Waals surface area contributed by atoms with Gasteiger partial charge in [0, 0.05) is 6.54 Å². The highest BCUT2D eigenvalue weighted by molar-refractivity contribution is 6.10. The van der Waals surface area contributed by atoms with Crippen LogP contribution in [-0.2, 0) is 9.59 Å². The van der Waals surface area contributed by atoms with Crippen LogP contribution in [0.4, 0.5) is 0 Å². The SMILES string of the molecule is CCCCN1C(=O)C(c2ccccc2)C2(CCN(C)CC2)C1=O. The van der Waals surface area contributed by atoms with Gasteiger partial charge >= 0.3 is 0 Å². The van der Waals surface area contributed by atoms with Crippen LogP contribution in [0.15, 0.2) is 30.3 Å². The van der Waals surface area contributed by atoms with Crippen LogP contribution in [-0.4, -0.2) is 48.3 Å². The zero-order valence-corrected chi connectivity index (χ0v) is 14.1. The Morgan fingerprint density at radius 3 is 2.39 bits per heavy atom. The van der Waals surface area contributed by atoms with Crippen LogP contribution < -0.4 is 0 Å². The van der Waals surface area contributed by atoms with Gasteiger partial charge < -0.3 is 4.90 Å². The van der Waals surface area contributed by atoms with Crippen LogP contribution in [0.5, 0.6) is 0 Å². The van der Waals surface area contributed by atoms with Crippen LogP contribution in [0.25, 0.3) is 0 Å². The van der Waals surface area contributed by atoms with E-state index in [1.165, 1.54) is 0 Å². The van der Waals surface area contributed by atoms with Crippen LogP contribution in [0.3, 0.4) is 0 Å². The fourth-order valence-electron chi connectivity index (χ4n) is 4.04. The number of amides is 2. The van der Waals surface area contributed by atoms with Crippen molar-refractivity contribution in [2.75, 3.05) is 26.7 Å². The molecule has 0 saturated carbocycles. The molecule has 2 aliphatic rings. The second-order valence-corrected chi connectivity index (χ2v) is 6.95. The van der Waals surface area contributed by atoms with Gasteiger partial charge in [-0.05, 0) is 45.0 Å². The Labute approximate surface area is 138 Å². The predicted molar refractivity (Wildman–Crippen MR) is 90.0 cm³/mol. The lowest BCUT2D eigenvalue weighted by Crippen LogP contribution is -2.45. The summed E-state index contributed by atoms with van der Waals surface area (Å²) in [5.74, 6) is -0.223. The molecule has 1 aromatic carbocycles. The number of imide groups is 1. The molecular formula is C19H26N2O2. The van der Waals surface area contributed by atoms with Gasteiger partial charge in [0.05, 0.1) is 11.3 Å². The van der Waals surface area contributed by atoms with Crippen molar-refractivity contribution in [1.82, 2.24) is 9.80 Å². The Morgan fingerprint density at radius 1 is 1.13 bits per heavy atom. The van der Waals surface area contributed by atoms with Gasteiger partial charge in [0.2, 0.25) is 11.8 Å². The van der Waals surface area contributed by atoms with E-state index in [1.807, 2.05) is 30.3 Å². The van der Waals surface area contributed by atoms with Crippen LogP contribution in [0.2, 0.25) is 0 Å². The topological polar surface area (TPSA) is 40.6 Å². The fourth-order valence-corrected chi connectivity index (χ4v) is 4.04. The Bertz CT molecular complexity index is 576. The smallest absolute Gasteiger partial charge is 0.237 e. The lowest BCUT2D eigenvalue weighted by molar-refractivity contribution is -0.142. The third-order valence-corrected chi connectivity index (χ3v) is 5.48. The second kappa shape index (κ2) is 6.44. The maximum Gasteiger partial charge on any atom is 0.237 e. The standard InChI is InChI=1S/C19H26N2O2/c1-3-4-12-21-17(22)16(15-8-6-5-7-9-15)19(18(21)23)10-13-20(2)14-11-19/h5-9,16H,3-4,10-14H2,1-2H3. The number of benzene rings is 1. The minimum Gasteiger partial charge on any atom is -0.306 e. The van der Waals surface area contributed by atoms with E-state index in [0.29, 0.717) is 6.54 Å². The van der Waals surface area contributed by atoms with Crippen molar-refractivity contribution in [3.8, 4) is 0 Å². The molecule has 0 aliphatic carbocycles. The monoisotopic (exact) mass is 314 g/mol. The number of unbranched alkanes of at least 4 members (excludes halogenated alkanes) is 1. The van der Waals surface area contributed by atoms with Gasteiger partial charge in [-0.15, -0.1) is 0 Å². The quantitative estimate of drug-likeness (QED) is 0.802. The molecule has 2 saturated heterocycles. The van der Waals surface area contributed by atoms with Crippen LogP contribution in [0.1, 0.15) is 44.1 Å². The maximum absolute atomic E-state index is 13.2. The zero-order valence-electron chi connectivity index (χ0n) is 14.1. The van der Waals surface area contributed by atoms with Gasteiger partial charge in [0.25, 0.3) is 0 Å². The molecule has 2 heterocycles. The molecule has 1 aromatic rings. The van der Waals surface area contributed by atoms with Gasteiger partial charge in [-0.3, -0.25) is 14.5 Å². The molecule has 23 heavy (non-hydrogen) atoms. The van der Waals surface area contributed by atoms with Crippen molar-refractivity contribution in [2.24, 2.45) is 5.41 Å². The Hall–Kier alpha value is -1.68. The van der Waals surface area contributed by atoms with Gasteiger partial charge in [0.15, 0.2) is 0 Å². The molecule has 2 aliphatic heterocycles. The molecule has 0 N–H and O–H groups in total. The maximum atomic E-state index is 13.2. The molecular weight excluding hydrogens is 288 g/mol. The number of piperidine rings is 1. The largest absolute Gasteiger partial charge is 0.306 e. The number of nitrogens with zero attached hydrogens (tertiary/aromatic N) is 2. The molecule has 0 bridgehead atoms. The molecule has 124 valence electrons. The van der Waals surface area contributed by atoms with Crippen molar-refractivity contribution in [3.05, 3.63) is 35.9 Å². The average molecular weight is 314 g/mol. The van der Waals surface area contributed by atoms with Crippen molar-refractivity contribution < 1.29 is 9.59 Å². The summed E-state index contributed by atoms with van der Waals surface area (Å²) in [6, 6.07) is 9.88. The van der Waals surface area contributed by atoms with Crippen molar-refractivity contribution in [2.45, 2.75) is 38.5 Å². The van der Waals surface area contributed by atoms with E-state index >= 15 is 0 Å². The number of carbonyl (C=O) groups excluding carboxylic acids is 2. The molecule has 2 fully saturated rings. The van der Waals surface area contributed by atoms with E-state index in [4.69, 9.17) is 0 Å². The van der Waals surface area contributed by atoms with E-state index in [2.05, 4.69) is 18.9 Å². The first-order valence-corrected chi connectivity index (χ1v) is 8.69. The van der Waals surface area contributed by atoms with Crippen LogP contribution >= 0.6 is 0 Å². The number of hydrogen-bond donors (Lipinski definition) is 0. The normalized spacial score (nSPS) is 24.6. The predicted octanol–water partition coefficient (Wildman–Crippen LogP) is 2.65. The summed E-state index contributed by atoms with van der Waals surface area (Å²) in [5.41, 5.74) is 0.466. The van der Waals surface area contributed by atoms with E-state index < -0.39 is 5.41 Å². The van der Waals surface area contributed by atoms with E-state index in [1.54, 1.807) is 4.90 Å². The Kier molecular flexibility index (Phi) is 4.53. The van der Waals surface area contributed by atoms with Crippen LogP contribution in [0, 0.1) is 5.41 Å². The average Bonchev–Trinajstić information content (AvgIpc) is 2.77. The van der Waals surface area contributed by atoms with Gasteiger partial charge in [-0.2, -0.15) is 0 Å². The third kappa shape index (κ3) is 2.69. The molecule has 4 nitrogen and oxygen atoms in total. The lowest BCUT2D eigenvalue weighted by Gasteiger charge is -2.39. The van der Waals surface area contributed by atoms with Gasteiger partial charge in [-0.25, -0.2) is 0 Å². The second-order valence-electron chi connectivity index (χ2n) is 6.95. The van der Waals surface area contributed by atoms with E-state index in [0.717, 1.165) is 44.3 Å². The lowest BCUT2D eigenvalue weighted by atomic mass is 9.67. The third-order valence-electron chi connectivity index (χ3n) is 5.48. The summed E-state index contributed by atoms with van der Waals surface area (Å²) in [6.45, 7) is 4.41. The molecule has 0 radical (unpaired) electrons. The summed E-state index contributed by atoms with van der Waals surface area (Å²) < 4.78 is 0. The molecule has 4 heteroatoms. The number of hydrogen-bond acceptors (Lipinski definition) is 3. The van der Waals surface area contributed by atoms with E-state index in [9.17, 15) is 9.59 Å². The summed E-state index contributed by atoms with van der Waals surface area (Å²) in [5, 5.41) is 0. The van der Waals surface area contributed by atoms with Crippen molar-refractivity contribution in [3.63, 3.8) is 0 Å². The summed E-state index contributed by atoms with van der Waals surface area (Å²) in [7, 11) is 2.08. The first-order valence-electron chi connectivity index (χ1n) is 8.69. The first-order chi connectivity index (χ1) is 11.1. The molecule has 1 unspecified atom stereocenters. The molecule has 1 spiro atoms. The fraction of sp³-hybridized carbons (Fsp3) is 0.579. The summed E-state index contributed by atoms with van der Waals surface area (Å²) in [6.07, 6.45) is 3.42. The Morgan fingerprint density at radius 2 is 1.78 bits per heavy atom. The number of rotatable bonds is 4. The zero-order chi connectivity index (χ0) is 16.4. The highest BCUT2D eigenvalue weighted by Crippen LogP contribution is 2.51. The minimum atomic E-state index is -0.529. The summed E-state index contributed by atoms with van der Waals surface area (Å²) >= 11 is 0. The van der Waals surface area contributed by atoms with Gasteiger partial charge in [0.1, 0.15) is 0 Å². The first kappa shape index (κ1) is 16.2.